The van der Waals surface area contributed by atoms with E-state index in [1.807, 2.05) is 0 Å². The molecule has 2 rings (SSSR count). The quantitative estimate of drug-likeness (QED) is 0.736. The van der Waals surface area contributed by atoms with E-state index >= 15 is 0 Å². The number of benzene rings is 1. The first-order chi connectivity index (χ1) is 11.9. The van der Waals surface area contributed by atoms with Crippen molar-refractivity contribution < 1.29 is 27.4 Å². The number of ether oxygens (including phenoxy) is 2. The van der Waals surface area contributed by atoms with Gasteiger partial charge in [0.25, 0.3) is 5.91 Å². The van der Waals surface area contributed by atoms with Gasteiger partial charge in [-0.15, -0.1) is 0 Å². The standard InChI is InChI=1S/C17H17F3N2O3/c18-17(19,20)12-24-10-2-9-22-16(23)13-4-6-14(7-5-13)25-15-3-1-8-21-11-15/h1,3-8,11H,2,9-10,12H2,(H,22,23). The van der Waals surface area contributed by atoms with E-state index < -0.39 is 12.8 Å². The maximum Gasteiger partial charge on any atom is 0.411 e. The minimum absolute atomic E-state index is 0.0717. The van der Waals surface area contributed by atoms with E-state index in [1.54, 1.807) is 48.8 Å². The molecule has 1 aromatic carbocycles. The molecule has 0 saturated carbocycles. The van der Waals surface area contributed by atoms with E-state index in [9.17, 15) is 18.0 Å². The Bertz CT molecular complexity index is 661. The summed E-state index contributed by atoms with van der Waals surface area (Å²) in [5.74, 6) is 0.826. The van der Waals surface area contributed by atoms with E-state index in [1.165, 1.54) is 0 Å². The van der Waals surface area contributed by atoms with Crippen molar-refractivity contribution in [1.82, 2.24) is 10.3 Å². The van der Waals surface area contributed by atoms with E-state index in [2.05, 4.69) is 15.0 Å². The highest BCUT2D eigenvalue weighted by atomic mass is 19.4. The van der Waals surface area contributed by atoms with Crippen LogP contribution in [0.25, 0.3) is 0 Å². The Morgan fingerprint density at radius 3 is 2.52 bits per heavy atom. The predicted octanol–water partition coefficient (Wildman–Crippen LogP) is 3.57. The highest BCUT2D eigenvalue weighted by Gasteiger charge is 2.27. The third kappa shape index (κ3) is 7.21. The molecule has 1 N–H and O–H groups in total. The van der Waals surface area contributed by atoms with Gasteiger partial charge in [-0.1, -0.05) is 0 Å². The minimum Gasteiger partial charge on any atom is -0.456 e. The van der Waals surface area contributed by atoms with E-state index in [4.69, 9.17) is 4.74 Å². The average molecular weight is 354 g/mol. The molecule has 5 nitrogen and oxygen atoms in total. The topological polar surface area (TPSA) is 60.5 Å². The molecular formula is C17H17F3N2O3. The van der Waals surface area contributed by atoms with Crippen molar-refractivity contribution in [3.63, 3.8) is 0 Å². The van der Waals surface area contributed by atoms with E-state index in [0.717, 1.165) is 0 Å². The van der Waals surface area contributed by atoms with Gasteiger partial charge in [-0.2, -0.15) is 13.2 Å². The van der Waals surface area contributed by atoms with Crippen LogP contribution in [0.1, 0.15) is 16.8 Å². The van der Waals surface area contributed by atoms with Crippen LogP contribution >= 0.6 is 0 Å². The van der Waals surface area contributed by atoms with Crippen LogP contribution in [0, 0.1) is 0 Å². The number of pyridine rings is 1. The molecule has 0 aliphatic carbocycles. The molecule has 2 aromatic rings. The molecule has 0 unspecified atom stereocenters. The summed E-state index contributed by atoms with van der Waals surface area (Å²) in [5.41, 5.74) is 0.426. The Balaban J connectivity index is 1.71. The number of amides is 1. The van der Waals surface area contributed by atoms with Gasteiger partial charge < -0.3 is 14.8 Å². The fourth-order valence-corrected chi connectivity index (χ4v) is 1.88. The van der Waals surface area contributed by atoms with Gasteiger partial charge in [-0.05, 0) is 42.8 Å². The molecule has 1 heterocycles. The average Bonchev–Trinajstić information content (AvgIpc) is 2.58. The third-order valence-corrected chi connectivity index (χ3v) is 3.00. The van der Waals surface area contributed by atoms with Gasteiger partial charge in [-0.3, -0.25) is 9.78 Å². The van der Waals surface area contributed by atoms with Gasteiger partial charge in [-0.25, -0.2) is 0 Å². The van der Waals surface area contributed by atoms with Crippen LogP contribution in [-0.4, -0.2) is 36.8 Å². The predicted molar refractivity (Wildman–Crippen MR) is 84.6 cm³/mol. The van der Waals surface area contributed by atoms with Gasteiger partial charge in [0, 0.05) is 24.9 Å². The zero-order chi connectivity index (χ0) is 18.1. The van der Waals surface area contributed by atoms with Crippen molar-refractivity contribution in [2.75, 3.05) is 19.8 Å². The summed E-state index contributed by atoms with van der Waals surface area (Å²) in [5, 5.41) is 2.61. The fourth-order valence-electron chi connectivity index (χ4n) is 1.88. The van der Waals surface area contributed by atoms with Crippen molar-refractivity contribution in [1.29, 1.82) is 0 Å². The van der Waals surface area contributed by atoms with Gasteiger partial charge in [0.1, 0.15) is 18.1 Å². The monoisotopic (exact) mass is 354 g/mol. The zero-order valence-electron chi connectivity index (χ0n) is 13.3. The molecule has 0 aliphatic heterocycles. The van der Waals surface area contributed by atoms with Crippen LogP contribution in [0.5, 0.6) is 11.5 Å². The largest absolute Gasteiger partial charge is 0.456 e. The number of nitrogens with zero attached hydrogens (tertiary/aromatic N) is 1. The van der Waals surface area contributed by atoms with Crippen molar-refractivity contribution in [3.05, 3.63) is 54.4 Å². The van der Waals surface area contributed by atoms with Crippen LogP contribution in [0.2, 0.25) is 0 Å². The summed E-state index contributed by atoms with van der Waals surface area (Å²) in [6.07, 6.45) is -0.831. The molecule has 0 radical (unpaired) electrons. The Morgan fingerprint density at radius 1 is 1.12 bits per heavy atom. The lowest BCUT2D eigenvalue weighted by molar-refractivity contribution is -0.173. The summed E-state index contributed by atoms with van der Waals surface area (Å²) in [6.45, 7) is -1.12. The second-order valence-corrected chi connectivity index (χ2v) is 5.09. The van der Waals surface area contributed by atoms with Gasteiger partial charge in [0.15, 0.2) is 0 Å². The molecule has 134 valence electrons. The van der Waals surface area contributed by atoms with Gasteiger partial charge in [0.05, 0.1) is 6.20 Å². The molecule has 0 saturated heterocycles. The van der Waals surface area contributed by atoms with Crippen molar-refractivity contribution >= 4 is 5.91 Å². The van der Waals surface area contributed by atoms with E-state index in [-0.39, 0.29) is 19.1 Å². The number of hydrogen-bond donors (Lipinski definition) is 1. The highest BCUT2D eigenvalue weighted by molar-refractivity contribution is 5.94. The Morgan fingerprint density at radius 2 is 1.88 bits per heavy atom. The number of aromatic nitrogens is 1. The van der Waals surface area contributed by atoms with Gasteiger partial charge in [0.2, 0.25) is 0 Å². The zero-order valence-corrected chi connectivity index (χ0v) is 13.3. The van der Waals surface area contributed by atoms with Crippen LogP contribution < -0.4 is 10.1 Å². The molecule has 0 bridgehead atoms. The molecule has 8 heteroatoms. The van der Waals surface area contributed by atoms with E-state index in [0.29, 0.717) is 23.5 Å². The Kier molecular flexibility index (Phi) is 6.76. The minimum atomic E-state index is -4.33. The SMILES string of the molecule is O=C(NCCCOCC(F)(F)F)c1ccc(Oc2cccnc2)cc1. The summed E-state index contributed by atoms with van der Waals surface area (Å²) in [6, 6.07) is 10.00. The lowest BCUT2D eigenvalue weighted by Gasteiger charge is -2.09. The van der Waals surface area contributed by atoms with Crippen LogP contribution in [0.3, 0.4) is 0 Å². The second-order valence-electron chi connectivity index (χ2n) is 5.09. The maximum atomic E-state index is 11.9. The molecular weight excluding hydrogens is 337 g/mol. The normalized spacial score (nSPS) is 11.2. The summed E-state index contributed by atoms with van der Waals surface area (Å²) in [4.78, 5) is 15.9. The lowest BCUT2D eigenvalue weighted by Crippen LogP contribution is -2.26. The Labute approximate surface area is 142 Å². The summed E-state index contributed by atoms with van der Waals surface area (Å²) < 4.78 is 45.7. The lowest BCUT2D eigenvalue weighted by atomic mass is 10.2. The second kappa shape index (κ2) is 9.03. The van der Waals surface area contributed by atoms with Gasteiger partial charge >= 0.3 is 6.18 Å². The molecule has 0 atom stereocenters. The van der Waals surface area contributed by atoms with Crippen LogP contribution in [-0.2, 0) is 4.74 Å². The fraction of sp³-hybridized carbons (Fsp3) is 0.294. The van der Waals surface area contributed by atoms with Crippen molar-refractivity contribution in [2.24, 2.45) is 0 Å². The molecule has 25 heavy (non-hydrogen) atoms. The number of carbonyl (C=O) groups excluding carboxylic acids is 1. The molecule has 0 spiro atoms. The number of hydrogen-bond acceptors (Lipinski definition) is 4. The smallest absolute Gasteiger partial charge is 0.411 e. The first-order valence-electron chi connectivity index (χ1n) is 7.55. The molecule has 1 amide bonds. The maximum absolute atomic E-state index is 11.9. The molecule has 1 aromatic heterocycles. The highest BCUT2D eigenvalue weighted by Crippen LogP contribution is 2.20. The number of nitrogens with one attached hydrogen (secondary N) is 1. The van der Waals surface area contributed by atoms with Crippen molar-refractivity contribution in [3.8, 4) is 11.5 Å². The number of halogens is 3. The third-order valence-electron chi connectivity index (χ3n) is 3.00. The summed E-state index contributed by atoms with van der Waals surface area (Å²) in [7, 11) is 0. The first kappa shape index (κ1) is 18.7. The summed E-state index contributed by atoms with van der Waals surface area (Å²) >= 11 is 0. The first-order valence-corrected chi connectivity index (χ1v) is 7.55. The number of rotatable bonds is 8. The molecule has 0 aliphatic rings. The number of alkyl halides is 3. The van der Waals surface area contributed by atoms with Crippen LogP contribution in [0.4, 0.5) is 13.2 Å². The Hall–Kier alpha value is -2.61. The number of carbonyl (C=O) groups is 1. The van der Waals surface area contributed by atoms with Crippen LogP contribution in [0.15, 0.2) is 48.8 Å². The van der Waals surface area contributed by atoms with Crippen molar-refractivity contribution in [2.45, 2.75) is 12.6 Å². The molecule has 0 fully saturated rings.